The summed E-state index contributed by atoms with van der Waals surface area (Å²) in [6.07, 6.45) is -1.71. The molecule has 5 nitrogen and oxygen atoms in total. The molecule has 9 heteroatoms. The van der Waals surface area contributed by atoms with Gasteiger partial charge >= 0.3 is 6.36 Å². The van der Waals surface area contributed by atoms with Gasteiger partial charge in [0, 0.05) is 29.8 Å². The Labute approximate surface area is 188 Å². The molecule has 170 valence electrons. The van der Waals surface area contributed by atoms with Crippen LogP contribution in [-0.2, 0) is 16.2 Å². The van der Waals surface area contributed by atoms with Gasteiger partial charge in [0.1, 0.15) is 5.75 Å². The van der Waals surface area contributed by atoms with E-state index < -0.39 is 6.36 Å². The molecule has 1 saturated carbocycles. The minimum atomic E-state index is -4.73. The van der Waals surface area contributed by atoms with E-state index in [9.17, 15) is 18.0 Å². The molecule has 1 amide bonds. The lowest BCUT2D eigenvalue weighted by Crippen LogP contribution is -2.34. The van der Waals surface area contributed by atoms with Gasteiger partial charge in [0.05, 0.1) is 5.71 Å². The topological polar surface area (TPSA) is 59.9 Å². The van der Waals surface area contributed by atoms with Crippen molar-refractivity contribution in [2.75, 3.05) is 0 Å². The first-order valence-corrected chi connectivity index (χ1v) is 10.8. The third kappa shape index (κ3) is 5.54. The number of nitrogens with one attached hydrogen (secondary N) is 1. The van der Waals surface area contributed by atoms with Crippen molar-refractivity contribution in [3.63, 3.8) is 0 Å². The van der Waals surface area contributed by atoms with Gasteiger partial charge < -0.3 is 14.9 Å². The Morgan fingerprint density at radius 3 is 2.53 bits per heavy atom. The zero-order chi connectivity index (χ0) is 22.7. The van der Waals surface area contributed by atoms with Crippen LogP contribution in [0.15, 0.2) is 53.7 Å². The Balaban J connectivity index is 1.31. The monoisotopic (exact) mass is 466 g/mol. The number of carbonyl (C=O) groups is 1. The molecule has 0 spiro atoms. The van der Waals surface area contributed by atoms with Gasteiger partial charge in [-0.05, 0) is 48.2 Å². The van der Waals surface area contributed by atoms with E-state index in [4.69, 9.17) is 16.4 Å². The van der Waals surface area contributed by atoms with Gasteiger partial charge in [0.25, 0.3) is 0 Å². The van der Waals surface area contributed by atoms with Crippen molar-refractivity contribution in [1.82, 2.24) is 5.32 Å². The maximum atomic E-state index is 12.8. The number of benzene rings is 2. The molecule has 0 bridgehead atoms. The number of halogens is 4. The first-order chi connectivity index (χ1) is 15.3. The van der Waals surface area contributed by atoms with Crippen LogP contribution < -0.4 is 10.1 Å². The molecule has 0 saturated heterocycles. The number of amides is 1. The molecule has 2 aromatic rings. The second kappa shape index (κ2) is 9.40. The van der Waals surface area contributed by atoms with E-state index in [1.54, 1.807) is 0 Å². The van der Waals surface area contributed by atoms with Gasteiger partial charge in [-0.2, -0.15) is 0 Å². The van der Waals surface area contributed by atoms with E-state index in [1.165, 1.54) is 24.3 Å². The van der Waals surface area contributed by atoms with Crippen LogP contribution in [0.3, 0.4) is 0 Å². The van der Waals surface area contributed by atoms with E-state index in [2.05, 4.69) is 15.2 Å². The second-order valence-corrected chi connectivity index (χ2v) is 8.42. The van der Waals surface area contributed by atoms with Crippen LogP contribution in [0.4, 0.5) is 13.2 Å². The normalized spacial score (nSPS) is 22.9. The highest BCUT2D eigenvalue weighted by atomic mass is 35.5. The van der Waals surface area contributed by atoms with Gasteiger partial charge in [-0.1, -0.05) is 47.4 Å². The number of alkyl halides is 3. The fraction of sp³-hybridized carbons (Fsp3) is 0.391. The van der Waals surface area contributed by atoms with Gasteiger partial charge in [0.2, 0.25) is 5.91 Å². The smallest absolute Gasteiger partial charge is 0.406 e. The maximum Gasteiger partial charge on any atom is 0.573 e. The average molecular weight is 467 g/mol. The van der Waals surface area contributed by atoms with Crippen molar-refractivity contribution >= 4 is 23.2 Å². The minimum absolute atomic E-state index is 0.0230. The fourth-order valence-electron chi connectivity index (χ4n) is 4.27. The Kier molecular flexibility index (Phi) is 6.60. The van der Waals surface area contributed by atoms with Gasteiger partial charge in [-0.25, -0.2) is 0 Å². The summed E-state index contributed by atoms with van der Waals surface area (Å²) in [6, 6.07) is 12.9. The molecule has 32 heavy (non-hydrogen) atoms. The fourth-order valence-corrected chi connectivity index (χ4v) is 4.40. The second-order valence-electron chi connectivity index (χ2n) is 7.99. The average Bonchev–Trinajstić information content (AvgIpc) is 3.42. The number of oxime groups is 1. The highest BCUT2D eigenvalue weighted by molar-refractivity contribution is 6.30. The summed E-state index contributed by atoms with van der Waals surface area (Å²) < 4.78 is 40.7. The van der Waals surface area contributed by atoms with Crippen LogP contribution in [0.25, 0.3) is 0 Å². The van der Waals surface area contributed by atoms with Crippen LogP contribution in [-0.4, -0.2) is 18.0 Å². The van der Waals surface area contributed by atoms with E-state index in [0.717, 1.165) is 30.5 Å². The van der Waals surface area contributed by atoms with Crippen molar-refractivity contribution in [3.05, 3.63) is 64.7 Å². The van der Waals surface area contributed by atoms with Crippen LogP contribution in [0.1, 0.15) is 42.9 Å². The molecule has 1 fully saturated rings. The van der Waals surface area contributed by atoms with E-state index >= 15 is 0 Å². The Morgan fingerprint density at radius 2 is 1.84 bits per heavy atom. The Morgan fingerprint density at radius 1 is 1.12 bits per heavy atom. The summed E-state index contributed by atoms with van der Waals surface area (Å²) in [7, 11) is 0. The van der Waals surface area contributed by atoms with Gasteiger partial charge in [0.15, 0.2) is 6.10 Å². The molecule has 1 aliphatic carbocycles. The number of carbonyl (C=O) groups excluding carboxylic acids is 1. The van der Waals surface area contributed by atoms with E-state index in [-0.39, 0.29) is 36.1 Å². The van der Waals surface area contributed by atoms with Crippen molar-refractivity contribution in [2.24, 2.45) is 17.0 Å². The number of hydrogen-bond acceptors (Lipinski definition) is 4. The zero-order valence-electron chi connectivity index (χ0n) is 17.1. The molecule has 2 aromatic carbocycles. The van der Waals surface area contributed by atoms with E-state index in [1.807, 2.05) is 24.3 Å². The lowest BCUT2D eigenvalue weighted by molar-refractivity contribution is -0.274. The molecular weight excluding hydrogens is 445 g/mol. The first-order valence-electron chi connectivity index (χ1n) is 10.4. The van der Waals surface area contributed by atoms with Crippen molar-refractivity contribution in [2.45, 2.75) is 44.7 Å². The van der Waals surface area contributed by atoms with Crippen LogP contribution in [0, 0.1) is 11.8 Å². The van der Waals surface area contributed by atoms with Crippen LogP contribution in [0.5, 0.6) is 5.75 Å². The van der Waals surface area contributed by atoms with Crippen molar-refractivity contribution in [1.29, 1.82) is 0 Å². The third-order valence-corrected chi connectivity index (χ3v) is 6.09. The predicted molar refractivity (Wildman–Crippen MR) is 113 cm³/mol. The van der Waals surface area contributed by atoms with E-state index in [0.29, 0.717) is 17.0 Å². The summed E-state index contributed by atoms with van der Waals surface area (Å²) in [5.41, 5.74) is 2.58. The standard InChI is InChI=1S/C23H22ClF3N2O3/c24-16-8-6-15(7-9-16)21-12-20(29-32-21)18-2-1-3-19(18)22(30)28-13-14-4-10-17(11-5-14)31-23(25,26)27/h4-11,18-19,21H,1-3,12-13H2,(H,28,30)/t18-,19-,21?/m1/s1. The molecular formula is C23H22ClF3N2O3. The number of rotatable bonds is 6. The SMILES string of the molecule is O=C(NCc1ccc(OC(F)(F)F)cc1)[C@@H]1CCC[C@H]1C1=NOC(c2ccc(Cl)cc2)C1. The van der Waals surface area contributed by atoms with Crippen LogP contribution in [0.2, 0.25) is 5.02 Å². The summed E-state index contributed by atoms with van der Waals surface area (Å²) in [4.78, 5) is 18.5. The molecule has 0 radical (unpaired) electrons. The van der Waals surface area contributed by atoms with Crippen molar-refractivity contribution < 1.29 is 27.5 Å². The molecule has 1 aliphatic heterocycles. The molecule has 4 rings (SSSR count). The summed E-state index contributed by atoms with van der Waals surface area (Å²) in [6.45, 7) is 0.227. The Hall–Kier alpha value is -2.74. The largest absolute Gasteiger partial charge is 0.573 e. The number of hydrogen-bond donors (Lipinski definition) is 1. The zero-order valence-corrected chi connectivity index (χ0v) is 17.8. The van der Waals surface area contributed by atoms with Crippen LogP contribution >= 0.6 is 11.6 Å². The maximum absolute atomic E-state index is 12.8. The van der Waals surface area contributed by atoms with Crippen molar-refractivity contribution in [3.8, 4) is 5.75 Å². The first kappa shape index (κ1) is 22.5. The molecule has 3 atom stereocenters. The van der Waals surface area contributed by atoms with Gasteiger partial charge in [-0.15, -0.1) is 13.2 Å². The molecule has 2 aliphatic rings. The lowest BCUT2D eigenvalue weighted by atomic mass is 9.87. The molecule has 0 aromatic heterocycles. The summed E-state index contributed by atoms with van der Waals surface area (Å²) >= 11 is 5.95. The predicted octanol–water partition coefficient (Wildman–Crippen LogP) is 5.79. The number of nitrogens with zero attached hydrogens (tertiary/aromatic N) is 1. The summed E-state index contributed by atoms with van der Waals surface area (Å²) in [5.74, 6) is -0.553. The molecule has 1 N–H and O–H groups in total. The highest BCUT2D eigenvalue weighted by Gasteiger charge is 2.39. The summed E-state index contributed by atoms with van der Waals surface area (Å²) in [5, 5.41) is 7.84. The molecule has 1 unspecified atom stereocenters. The third-order valence-electron chi connectivity index (χ3n) is 5.84. The highest BCUT2D eigenvalue weighted by Crippen LogP contribution is 2.39. The number of ether oxygens (including phenoxy) is 1. The lowest BCUT2D eigenvalue weighted by Gasteiger charge is -2.19. The minimum Gasteiger partial charge on any atom is -0.406 e. The quantitative estimate of drug-likeness (QED) is 0.586. The molecule has 1 heterocycles. The Bertz CT molecular complexity index is 977. The van der Waals surface area contributed by atoms with Gasteiger partial charge in [-0.3, -0.25) is 4.79 Å².